The Morgan fingerprint density at radius 1 is 1.73 bits per heavy atom. The fourth-order valence-electron chi connectivity index (χ4n) is 0.519. The van der Waals surface area contributed by atoms with Crippen molar-refractivity contribution in [2.45, 2.75) is 0 Å². The Bertz CT molecular complexity index is 279. The molecule has 0 unspecified atom stereocenters. The number of furan rings is 1. The van der Waals surface area contributed by atoms with E-state index in [-0.39, 0.29) is 0 Å². The first-order valence-electron chi connectivity index (χ1n) is 3.01. The molecule has 56 valence electrons. The molecular weight excluding hydrogens is 162 g/mol. The summed E-state index contributed by atoms with van der Waals surface area (Å²) in [5, 5.41) is 0. The minimum atomic E-state index is 0.601. The van der Waals surface area contributed by atoms with Crippen LogP contribution in [0.25, 0.3) is 4.85 Å². The van der Waals surface area contributed by atoms with Crippen molar-refractivity contribution in [3.8, 4) is 6.07 Å². The third-order valence-corrected chi connectivity index (χ3v) is 1.07. The van der Waals surface area contributed by atoms with Crippen molar-refractivity contribution in [3.63, 3.8) is 0 Å². The van der Waals surface area contributed by atoms with Gasteiger partial charge in [-0.2, -0.15) is 16.4 Å². The number of halogens is 1. The highest BCUT2D eigenvalue weighted by Crippen LogP contribution is 1.97. The van der Waals surface area contributed by atoms with Crippen molar-refractivity contribution in [2.24, 2.45) is 0 Å². The number of nitrogens with zero attached hydrogens (tertiary/aromatic N) is 1. The highest BCUT2D eigenvalue weighted by Gasteiger charge is 1.87. The van der Waals surface area contributed by atoms with E-state index in [2.05, 4.69) is 10.9 Å². The highest BCUT2D eigenvalue weighted by molar-refractivity contribution is 6.25. The first-order valence-corrected chi connectivity index (χ1v) is 3.45. The van der Waals surface area contributed by atoms with Gasteiger partial charge in [-0.25, -0.2) is 0 Å². The van der Waals surface area contributed by atoms with E-state index in [1.54, 1.807) is 24.5 Å². The van der Waals surface area contributed by atoms with Crippen LogP contribution < -0.4 is 0 Å². The van der Waals surface area contributed by atoms with Crippen LogP contribution in [0.15, 0.2) is 34.4 Å². The Hall–Kier alpha value is -1.33. The fraction of sp³-hybridized carbons (Fsp3) is 0. The summed E-state index contributed by atoms with van der Waals surface area (Å²) in [5.41, 5.74) is 1.37. The Balaban J connectivity index is 2.46. The monoisotopic (exact) mass is 167 g/mol. The lowest BCUT2D eigenvalue weighted by molar-refractivity contribution is 0.554. The van der Waals surface area contributed by atoms with Crippen LogP contribution in [0, 0.1) is 12.6 Å². The summed E-state index contributed by atoms with van der Waals surface area (Å²) in [6.45, 7) is 1.52. The molecule has 0 aliphatic heterocycles. The molecule has 3 heteroatoms. The normalized spacial score (nSPS) is 9.18. The van der Waals surface area contributed by atoms with Crippen LogP contribution in [0.3, 0.4) is 0 Å². The van der Waals surface area contributed by atoms with Crippen LogP contribution in [-0.4, -0.2) is 0 Å². The molecule has 0 radical (unpaired) electrons. The Morgan fingerprint density at radius 3 is 3.27 bits per heavy atom. The lowest BCUT2D eigenvalue weighted by Crippen LogP contribution is -1.59. The third-order valence-electron chi connectivity index (χ3n) is 0.929. The molecule has 0 saturated carbocycles. The van der Waals surface area contributed by atoms with E-state index >= 15 is 0 Å². The number of hydrogen-bond donors (Lipinski definition) is 0. The number of rotatable bonds is 1. The molecule has 0 atom stereocenters. The molecule has 11 heavy (non-hydrogen) atoms. The molecule has 0 aromatic carbocycles. The first-order chi connectivity index (χ1) is 5.43. The van der Waals surface area contributed by atoms with Gasteiger partial charge >= 0.3 is 0 Å². The summed E-state index contributed by atoms with van der Waals surface area (Å²) in [6, 6.07) is 6.19. The van der Waals surface area contributed by atoms with Gasteiger partial charge in [0.05, 0.1) is 6.26 Å². The van der Waals surface area contributed by atoms with Crippen molar-refractivity contribution in [1.29, 1.82) is 0 Å². The standard InChI is InChI=1S/C8H6ClNO/c9-4-2-5-10-7-8-3-1-6-11-8/h1-6H/b4-2+. The van der Waals surface area contributed by atoms with Crippen LogP contribution in [0.5, 0.6) is 0 Å². The molecule has 1 rings (SSSR count). The zero-order valence-electron chi connectivity index (χ0n) is 5.70. The molecule has 2 nitrogen and oxygen atoms in total. The Labute approximate surface area is 69.9 Å². The van der Waals surface area contributed by atoms with Crippen molar-refractivity contribution in [3.05, 3.63) is 47.2 Å². The van der Waals surface area contributed by atoms with Gasteiger partial charge in [-0.3, -0.25) is 0 Å². The van der Waals surface area contributed by atoms with Crippen molar-refractivity contribution >= 4 is 11.6 Å². The maximum atomic E-state index is 5.24. The maximum Gasteiger partial charge on any atom is 0.201 e. The molecule has 0 saturated heterocycles. The van der Waals surface area contributed by atoms with Gasteiger partial charge in [0.25, 0.3) is 0 Å². The predicted octanol–water partition coefficient (Wildman–Crippen LogP) is 2.87. The summed E-state index contributed by atoms with van der Waals surface area (Å²) in [5.74, 6) is 0.601. The maximum absolute atomic E-state index is 5.24. The van der Waals surface area contributed by atoms with Gasteiger partial charge in [0.1, 0.15) is 0 Å². The van der Waals surface area contributed by atoms with Gasteiger partial charge in [-0.05, 0) is 12.1 Å². The fourth-order valence-corrected chi connectivity index (χ4v) is 0.584. The lowest BCUT2D eigenvalue weighted by atomic mass is 10.5. The van der Waals surface area contributed by atoms with Crippen LogP contribution in [-0.2, 0) is 0 Å². The number of hydrogen-bond acceptors (Lipinski definition) is 1. The van der Waals surface area contributed by atoms with Gasteiger partial charge in [0.2, 0.25) is 6.07 Å². The molecule has 0 amide bonds. The van der Waals surface area contributed by atoms with Crippen LogP contribution in [0.2, 0.25) is 0 Å². The molecule has 0 spiro atoms. The van der Waals surface area contributed by atoms with Crippen LogP contribution in [0.4, 0.5) is 0 Å². The topological polar surface area (TPSA) is 17.5 Å². The van der Waals surface area contributed by atoms with Gasteiger partial charge in [0.15, 0.2) is 12.3 Å². The van der Waals surface area contributed by atoms with Gasteiger partial charge in [0, 0.05) is 0 Å². The van der Waals surface area contributed by atoms with E-state index in [9.17, 15) is 0 Å². The van der Waals surface area contributed by atoms with Crippen LogP contribution >= 0.6 is 11.6 Å². The smallest absolute Gasteiger partial charge is 0.201 e. The molecule has 0 bridgehead atoms. The van der Waals surface area contributed by atoms with Gasteiger partial charge < -0.3 is 4.42 Å². The average Bonchev–Trinajstić information content (AvgIpc) is 2.50. The molecule has 1 aromatic heterocycles. The lowest BCUT2D eigenvalue weighted by Gasteiger charge is -1.72. The van der Waals surface area contributed by atoms with Crippen LogP contribution in [0.1, 0.15) is 5.76 Å². The van der Waals surface area contributed by atoms with E-state index < -0.39 is 0 Å². The third kappa shape index (κ3) is 2.83. The van der Waals surface area contributed by atoms with E-state index in [4.69, 9.17) is 16.0 Å². The molecule has 0 fully saturated rings. The largest absolute Gasteiger partial charge is 0.464 e. The summed E-state index contributed by atoms with van der Waals surface area (Å²) in [6.07, 6.45) is 3.16. The molecular formula is C8H6ClNO. The van der Waals surface area contributed by atoms with E-state index in [0.717, 1.165) is 0 Å². The zero-order chi connectivity index (χ0) is 7.94. The van der Waals surface area contributed by atoms with Gasteiger partial charge in [-0.15, -0.1) is 0 Å². The molecule has 0 aliphatic carbocycles. The first kappa shape index (κ1) is 7.77. The SMILES string of the molecule is Cl/C=C/[CH-][N+]#Cc1ccco1. The summed E-state index contributed by atoms with van der Waals surface area (Å²) < 4.78 is 4.93. The van der Waals surface area contributed by atoms with Crippen molar-refractivity contribution < 1.29 is 4.42 Å². The summed E-state index contributed by atoms with van der Waals surface area (Å²) >= 11 is 5.24. The molecule has 0 N–H and O–H groups in total. The quantitative estimate of drug-likeness (QED) is 0.588. The average molecular weight is 168 g/mol. The van der Waals surface area contributed by atoms with Gasteiger partial charge in [-0.1, -0.05) is 11.6 Å². The second-order valence-electron chi connectivity index (χ2n) is 1.69. The summed E-state index contributed by atoms with van der Waals surface area (Å²) in [4.78, 5) is 3.76. The minimum absolute atomic E-state index is 0.601. The van der Waals surface area contributed by atoms with Crippen molar-refractivity contribution in [2.75, 3.05) is 0 Å². The Morgan fingerprint density at radius 2 is 2.64 bits per heavy atom. The second kappa shape index (κ2) is 4.48. The second-order valence-corrected chi connectivity index (χ2v) is 1.94. The molecule has 1 heterocycles. The summed E-state index contributed by atoms with van der Waals surface area (Å²) in [7, 11) is 0. The zero-order valence-corrected chi connectivity index (χ0v) is 6.45. The Kier molecular flexibility index (Phi) is 3.17. The molecule has 1 aromatic rings. The minimum Gasteiger partial charge on any atom is -0.464 e. The van der Waals surface area contributed by atoms with E-state index in [0.29, 0.717) is 5.76 Å². The molecule has 0 aliphatic rings. The highest BCUT2D eigenvalue weighted by atomic mass is 35.5. The predicted molar refractivity (Wildman–Crippen MR) is 44.4 cm³/mol. The van der Waals surface area contributed by atoms with E-state index in [1.807, 2.05) is 0 Å². The van der Waals surface area contributed by atoms with Crippen molar-refractivity contribution in [1.82, 2.24) is 0 Å². The van der Waals surface area contributed by atoms with E-state index in [1.165, 1.54) is 12.1 Å².